The summed E-state index contributed by atoms with van der Waals surface area (Å²) >= 11 is 0. The van der Waals surface area contributed by atoms with E-state index in [-0.39, 0.29) is 12.4 Å². The highest BCUT2D eigenvalue weighted by Gasteiger charge is 2.23. The van der Waals surface area contributed by atoms with Crippen LogP contribution in [0.25, 0.3) is 22.4 Å². The van der Waals surface area contributed by atoms with Crippen molar-refractivity contribution in [3.63, 3.8) is 0 Å². The Labute approximate surface area is 181 Å². The molecule has 1 aliphatic rings. The minimum atomic E-state index is -0.918. The molecule has 31 heavy (non-hydrogen) atoms. The van der Waals surface area contributed by atoms with Crippen molar-refractivity contribution in [3.05, 3.63) is 66.6 Å². The Morgan fingerprint density at radius 1 is 1.00 bits per heavy atom. The summed E-state index contributed by atoms with van der Waals surface area (Å²) in [6.45, 7) is 1.14. The number of hydrogen-bond donors (Lipinski definition) is 1. The number of carboxylic acid groups (broad SMARTS) is 1. The summed E-state index contributed by atoms with van der Waals surface area (Å²) in [4.78, 5) is 10.6. The van der Waals surface area contributed by atoms with Crippen LogP contribution < -0.4 is 0 Å². The molecule has 1 aromatic heterocycles. The second-order valence-electron chi connectivity index (χ2n) is 8.28. The van der Waals surface area contributed by atoms with Crippen LogP contribution in [0.3, 0.4) is 0 Å². The number of hydrogen-bond acceptors (Lipinski definition) is 3. The Hall–Kier alpha value is -2.99. The lowest BCUT2D eigenvalue weighted by molar-refractivity contribution is -0.142. The molecule has 162 valence electrons. The predicted octanol–water partition coefficient (Wildman–Crippen LogP) is 5.26. The standard InChI is InChI=1S/C25H27FN2O3/c26-22-12-10-20(11-13-22)23-15-28(27-25(23)21-4-2-1-3-5-21)14-18-6-8-19(9-7-18)16-31-17-24(29)30/h1-5,10-13,15,18-19H,6-9,14,16-17H2,(H,29,30)/t18-,19-. The molecule has 6 heteroatoms. The minimum absolute atomic E-state index is 0.221. The van der Waals surface area contributed by atoms with Crippen molar-refractivity contribution in [2.24, 2.45) is 11.8 Å². The van der Waals surface area contributed by atoms with Crippen molar-refractivity contribution in [1.29, 1.82) is 0 Å². The number of halogens is 1. The van der Waals surface area contributed by atoms with Crippen LogP contribution >= 0.6 is 0 Å². The summed E-state index contributed by atoms with van der Waals surface area (Å²) in [6.07, 6.45) is 6.31. The van der Waals surface area contributed by atoms with Gasteiger partial charge in [-0.05, 0) is 55.2 Å². The van der Waals surface area contributed by atoms with Crippen molar-refractivity contribution < 1.29 is 19.0 Å². The lowest BCUT2D eigenvalue weighted by atomic mass is 9.82. The van der Waals surface area contributed by atoms with Crippen LogP contribution in [-0.2, 0) is 16.1 Å². The molecule has 0 unspecified atom stereocenters. The maximum Gasteiger partial charge on any atom is 0.329 e. The van der Waals surface area contributed by atoms with E-state index in [4.69, 9.17) is 14.9 Å². The summed E-state index contributed by atoms with van der Waals surface area (Å²) < 4.78 is 20.7. The number of aromatic nitrogens is 2. The molecule has 0 radical (unpaired) electrons. The Kier molecular flexibility index (Phi) is 6.77. The third kappa shape index (κ3) is 5.58. The van der Waals surface area contributed by atoms with E-state index in [0.29, 0.717) is 18.4 Å². The van der Waals surface area contributed by atoms with Gasteiger partial charge in [-0.3, -0.25) is 4.68 Å². The number of rotatable bonds is 8. The molecule has 1 aliphatic carbocycles. The molecule has 5 nitrogen and oxygen atoms in total. The molecule has 2 aromatic carbocycles. The fourth-order valence-corrected chi connectivity index (χ4v) is 4.32. The third-order valence-corrected chi connectivity index (χ3v) is 5.95. The molecule has 1 saturated carbocycles. The summed E-state index contributed by atoms with van der Waals surface area (Å²) in [5, 5.41) is 13.6. The van der Waals surface area contributed by atoms with Crippen molar-refractivity contribution in [3.8, 4) is 22.4 Å². The number of carboxylic acids is 1. The molecule has 0 atom stereocenters. The molecule has 0 amide bonds. The first-order valence-electron chi connectivity index (χ1n) is 10.8. The lowest BCUT2D eigenvalue weighted by Gasteiger charge is -2.28. The number of ether oxygens (including phenoxy) is 1. The molecular weight excluding hydrogens is 395 g/mol. The fourth-order valence-electron chi connectivity index (χ4n) is 4.32. The highest BCUT2D eigenvalue weighted by Crippen LogP contribution is 2.33. The zero-order valence-corrected chi connectivity index (χ0v) is 17.4. The molecule has 0 saturated heterocycles. The molecule has 0 aliphatic heterocycles. The van der Waals surface area contributed by atoms with Crippen LogP contribution in [0.15, 0.2) is 60.8 Å². The van der Waals surface area contributed by atoms with Gasteiger partial charge in [0.05, 0.1) is 6.61 Å². The number of aliphatic carboxylic acids is 1. The van der Waals surface area contributed by atoms with Crippen molar-refractivity contribution in [1.82, 2.24) is 9.78 Å². The van der Waals surface area contributed by atoms with Crippen LogP contribution in [0.5, 0.6) is 0 Å². The lowest BCUT2D eigenvalue weighted by Crippen LogP contribution is -2.23. The topological polar surface area (TPSA) is 64.3 Å². The van der Waals surface area contributed by atoms with Gasteiger partial charge in [0.15, 0.2) is 0 Å². The average molecular weight is 423 g/mol. The van der Waals surface area contributed by atoms with E-state index < -0.39 is 5.97 Å². The third-order valence-electron chi connectivity index (χ3n) is 5.95. The number of carbonyl (C=O) groups is 1. The Balaban J connectivity index is 1.46. The maximum atomic E-state index is 13.4. The SMILES string of the molecule is O=C(O)COC[C@H]1CC[C@H](Cn2cc(-c3ccc(F)cc3)c(-c3ccccc3)n2)CC1. The van der Waals surface area contributed by atoms with Crippen LogP contribution in [0.1, 0.15) is 25.7 Å². The Bertz CT molecular complexity index is 993. The van der Waals surface area contributed by atoms with Gasteiger partial charge in [0.2, 0.25) is 0 Å². The zero-order valence-electron chi connectivity index (χ0n) is 17.4. The quantitative estimate of drug-likeness (QED) is 0.538. The molecule has 3 aromatic rings. The van der Waals surface area contributed by atoms with Crippen molar-refractivity contribution >= 4 is 5.97 Å². The highest BCUT2D eigenvalue weighted by atomic mass is 19.1. The summed E-state index contributed by atoms with van der Waals surface area (Å²) in [5.74, 6) is -0.205. The summed E-state index contributed by atoms with van der Waals surface area (Å²) in [6, 6.07) is 16.6. The average Bonchev–Trinajstić information content (AvgIpc) is 3.19. The van der Waals surface area contributed by atoms with Crippen LogP contribution in [0.2, 0.25) is 0 Å². The molecule has 1 fully saturated rings. The van der Waals surface area contributed by atoms with E-state index in [2.05, 4.69) is 6.20 Å². The minimum Gasteiger partial charge on any atom is -0.480 e. The molecular formula is C25H27FN2O3. The van der Waals surface area contributed by atoms with Crippen molar-refractivity contribution in [2.45, 2.75) is 32.2 Å². The summed E-state index contributed by atoms with van der Waals surface area (Å²) in [7, 11) is 0. The first kappa shape index (κ1) is 21.2. The van der Waals surface area contributed by atoms with Gasteiger partial charge in [-0.1, -0.05) is 42.5 Å². The molecule has 0 spiro atoms. The molecule has 1 N–H and O–H groups in total. The van der Waals surface area contributed by atoms with Gasteiger partial charge in [-0.25, -0.2) is 9.18 Å². The first-order valence-corrected chi connectivity index (χ1v) is 10.8. The molecule has 4 rings (SSSR count). The van der Waals surface area contributed by atoms with E-state index in [1.54, 1.807) is 12.1 Å². The van der Waals surface area contributed by atoms with Gasteiger partial charge < -0.3 is 9.84 Å². The van der Waals surface area contributed by atoms with Gasteiger partial charge in [0, 0.05) is 23.9 Å². The maximum absolute atomic E-state index is 13.4. The smallest absolute Gasteiger partial charge is 0.329 e. The van der Waals surface area contributed by atoms with E-state index in [0.717, 1.165) is 54.6 Å². The molecule has 0 bridgehead atoms. The second kappa shape index (κ2) is 9.88. The van der Waals surface area contributed by atoms with Gasteiger partial charge >= 0.3 is 5.97 Å². The summed E-state index contributed by atoms with van der Waals surface area (Å²) in [5.41, 5.74) is 3.90. The Morgan fingerprint density at radius 3 is 2.35 bits per heavy atom. The van der Waals surface area contributed by atoms with E-state index in [1.807, 2.05) is 35.0 Å². The van der Waals surface area contributed by atoms with E-state index in [9.17, 15) is 9.18 Å². The predicted molar refractivity (Wildman–Crippen MR) is 117 cm³/mol. The van der Waals surface area contributed by atoms with Crippen LogP contribution in [0, 0.1) is 17.7 Å². The number of nitrogens with zero attached hydrogens (tertiary/aromatic N) is 2. The largest absolute Gasteiger partial charge is 0.480 e. The Morgan fingerprint density at radius 2 is 1.68 bits per heavy atom. The van der Waals surface area contributed by atoms with Crippen LogP contribution in [0.4, 0.5) is 4.39 Å². The fraction of sp³-hybridized carbons (Fsp3) is 0.360. The molecule has 1 heterocycles. The van der Waals surface area contributed by atoms with Crippen molar-refractivity contribution in [2.75, 3.05) is 13.2 Å². The number of benzene rings is 2. The zero-order chi connectivity index (χ0) is 21.6. The first-order chi connectivity index (χ1) is 15.1. The second-order valence-corrected chi connectivity index (χ2v) is 8.28. The van der Waals surface area contributed by atoms with E-state index >= 15 is 0 Å². The normalized spacial score (nSPS) is 18.7. The van der Waals surface area contributed by atoms with Gasteiger partial charge in [0.25, 0.3) is 0 Å². The van der Waals surface area contributed by atoms with Gasteiger partial charge in [-0.2, -0.15) is 5.10 Å². The van der Waals surface area contributed by atoms with Gasteiger partial charge in [-0.15, -0.1) is 0 Å². The highest BCUT2D eigenvalue weighted by molar-refractivity contribution is 5.80. The monoisotopic (exact) mass is 422 g/mol. The van der Waals surface area contributed by atoms with Gasteiger partial charge in [0.1, 0.15) is 18.1 Å². The van der Waals surface area contributed by atoms with Crippen LogP contribution in [-0.4, -0.2) is 34.1 Å². The van der Waals surface area contributed by atoms with E-state index in [1.165, 1.54) is 12.1 Å².